The number of anilines is 1. The van der Waals surface area contributed by atoms with Gasteiger partial charge in [0, 0.05) is 30.5 Å². The molecule has 0 aromatic heterocycles. The fourth-order valence-electron chi connectivity index (χ4n) is 4.21. The molecule has 3 amide bonds. The monoisotopic (exact) mass is 542 g/mol. The summed E-state index contributed by atoms with van der Waals surface area (Å²) in [7, 11) is 1.38. The number of fused-ring (bicyclic) bond motifs is 1. The van der Waals surface area contributed by atoms with Crippen molar-refractivity contribution in [3.8, 4) is 0 Å². The molecule has 0 saturated carbocycles. The molecule has 1 aliphatic heterocycles. The number of likely N-dealkylation sites (N-methyl/N-ethyl adjacent to an activating group) is 1. The Kier molecular flexibility index (Phi) is 8.48. The molecule has 0 spiro atoms. The number of primary amides is 1. The molecule has 2 aromatic carbocycles. The predicted octanol–water partition coefficient (Wildman–Crippen LogP) is 3.96. The molecular formula is C25H24F6N4O3. The second kappa shape index (κ2) is 11.2. The average Bonchev–Trinajstić information content (AvgIpc) is 2.93. The van der Waals surface area contributed by atoms with Gasteiger partial charge in [-0.3, -0.25) is 14.4 Å². The van der Waals surface area contributed by atoms with Gasteiger partial charge in [0.25, 0.3) is 5.91 Å². The van der Waals surface area contributed by atoms with Gasteiger partial charge in [-0.2, -0.15) is 26.3 Å². The van der Waals surface area contributed by atoms with E-state index in [1.165, 1.54) is 7.05 Å². The van der Waals surface area contributed by atoms with E-state index in [1.807, 2.05) is 0 Å². The van der Waals surface area contributed by atoms with Crippen LogP contribution in [-0.2, 0) is 14.4 Å². The number of para-hydroxylation sites is 1. The van der Waals surface area contributed by atoms with E-state index in [9.17, 15) is 40.7 Å². The van der Waals surface area contributed by atoms with Crippen molar-refractivity contribution in [1.82, 2.24) is 5.32 Å². The fourth-order valence-corrected chi connectivity index (χ4v) is 4.21. The molecule has 1 unspecified atom stereocenters. The molecule has 1 aliphatic rings. The molecule has 0 bridgehead atoms. The summed E-state index contributed by atoms with van der Waals surface area (Å²) in [5.74, 6) is -8.18. The van der Waals surface area contributed by atoms with Crippen molar-refractivity contribution in [1.29, 1.82) is 0 Å². The van der Waals surface area contributed by atoms with Crippen molar-refractivity contribution in [3.05, 3.63) is 65.7 Å². The maximum atomic E-state index is 13.4. The predicted molar refractivity (Wildman–Crippen MR) is 126 cm³/mol. The number of nitrogens with one attached hydrogen (secondary N) is 1. The van der Waals surface area contributed by atoms with Crippen LogP contribution in [0.5, 0.6) is 0 Å². The maximum Gasteiger partial charge on any atom is 0.389 e. The first-order chi connectivity index (χ1) is 17.7. The highest BCUT2D eigenvalue weighted by Crippen LogP contribution is 2.34. The minimum absolute atomic E-state index is 0.250. The third-order valence-electron chi connectivity index (χ3n) is 6.05. The fraction of sp³-hybridized carbons (Fsp3) is 0.360. The molecule has 38 heavy (non-hydrogen) atoms. The normalized spacial score (nSPS) is 17.7. The van der Waals surface area contributed by atoms with Gasteiger partial charge >= 0.3 is 12.4 Å². The minimum Gasteiger partial charge on any atom is -0.369 e. The summed E-state index contributed by atoms with van der Waals surface area (Å²) in [5.41, 5.74) is 6.82. The summed E-state index contributed by atoms with van der Waals surface area (Å²) in [5, 5.41) is 2.12. The van der Waals surface area contributed by atoms with Gasteiger partial charge in [0.1, 0.15) is 0 Å². The van der Waals surface area contributed by atoms with E-state index >= 15 is 0 Å². The highest BCUT2D eigenvalue weighted by Gasteiger charge is 2.44. The van der Waals surface area contributed by atoms with Crippen LogP contribution in [0, 0.1) is 11.8 Å². The average molecular weight is 542 g/mol. The van der Waals surface area contributed by atoms with Crippen molar-refractivity contribution in [2.75, 3.05) is 11.9 Å². The number of nitrogens with two attached hydrogens (primary N) is 1. The highest BCUT2D eigenvalue weighted by atomic mass is 19.4. The SMILES string of the molecule is CN1C(=O)C(NC(=O)[C@H](CC(F)(F)F)[C@H](CCC(F)(F)F)C(N)=O)N=C(c2ccccc2)c2ccccc21. The standard InChI is InChI=1S/C25H24F6N4O3/c1-35-18-10-6-5-9-16(18)19(14-7-3-2-4-8-14)33-21(23(35)38)34-22(37)17(13-25(29,30)31)15(20(32)36)11-12-24(26,27)28/h2-10,15,17,21H,11-13H2,1H3,(H2,32,36)(H,34,37)/t15-,17+,21?/m0/s1. The zero-order valence-electron chi connectivity index (χ0n) is 20.0. The first-order valence-electron chi connectivity index (χ1n) is 11.4. The van der Waals surface area contributed by atoms with E-state index < -0.39 is 67.3 Å². The zero-order valence-corrected chi connectivity index (χ0v) is 20.0. The number of nitrogens with zero attached hydrogens (tertiary/aromatic N) is 2. The van der Waals surface area contributed by atoms with Gasteiger partial charge < -0.3 is 16.0 Å². The van der Waals surface area contributed by atoms with Gasteiger partial charge in [0.05, 0.1) is 23.7 Å². The number of amides is 3. The lowest BCUT2D eigenvalue weighted by Crippen LogP contribution is -2.50. The van der Waals surface area contributed by atoms with Gasteiger partial charge in [0.2, 0.25) is 18.0 Å². The van der Waals surface area contributed by atoms with Crippen LogP contribution < -0.4 is 16.0 Å². The summed E-state index contributed by atoms with van der Waals surface area (Å²) in [6, 6.07) is 15.1. The van der Waals surface area contributed by atoms with Gasteiger partial charge in [-0.25, -0.2) is 4.99 Å². The molecule has 204 valence electrons. The van der Waals surface area contributed by atoms with Crippen molar-refractivity contribution in [2.24, 2.45) is 22.6 Å². The summed E-state index contributed by atoms with van der Waals surface area (Å²) in [4.78, 5) is 43.7. The molecule has 1 heterocycles. The van der Waals surface area contributed by atoms with Crippen LogP contribution in [0.4, 0.5) is 32.0 Å². The van der Waals surface area contributed by atoms with Crippen molar-refractivity contribution < 1.29 is 40.7 Å². The van der Waals surface area contributed by atoms with E-state index in [0.717, 1.165) is 4.90 Å². The molecule has 13 heteroatoms. The van der Waals surface area contributed by atoms with Gasteiger partial charge in [-0.15, -0.1) is 0 Å². The molecule has 0 fully saturated rings. The van der Waals surface area contributed by atoms with Crippen LogP contribution in [0.1, 0.15) is 30.4 Å². The number of aliphatic imine (C=N–C) groups is 1. The summed E-state index contributed by atoms with van der Waals surface area (Å²) < 4.78 is 78.4. The Morgan fingerprint density at radius 3 is 2.16 bits per heavy atom. The smallest absolute Gasteiger partial charge is 0.369 e. The number of alkyl halides is 6. The number of hydrogen-bond donors (Lipinski definition) is 2. The van der Waals surface area contributed by atoms with Crippen LogP contribution >= 0.6 is 0 Å². The number of rotatable bonds is 8. The van der Waals surface area contributed by atoms with E-state index in [4.69, 9.17) is 5.73 Å². The van der Waals surface area contributed by atoms with Crippen LogP contribution in [0.2, 0.25) is 0 Å². The maximum absolute atomic E-state index is 13.4. The summed E-state index contributed by atoms with van der Waals surface area (Å²) >= 11 is 0. The van der Waals surface area contributed by atoms with Crippen molar-refractivity contribution in [2.45, 2.75) is 37.8 Å². The molecule has 7 nitrogen and oxygen atoms in total. The molecule has 0 radical (unpaired) electrons. The Morgan fingerprint density at radius 2 is 1.58 bits per heavy atom. The highest BCUT2D eigenvalue weighted by molar-refractivity contribution is 6.20. The van der Waals surface area contributed by atoms with E-state index in [1.54, 1.807) is 54.6 Å². The minimum atomic E-state index is -5.02. The topological polar surface area (TPSA) is 105 Å². The Bertz CT molecular complexity index is 1210. The number of benzodiazepines with no additional fused rings is 1. The number of benzene rings is 2. The van der Waals surface area contributed by atoms with Crippen LogP contribution in [-0.4, -0.2) is 49.0 Å². The molecule has 0 aliphatic carbocycles. The number of carbonyl (C=O) groups excluding carboxylic acids is 3. The number of carbonyl (C=O) groups is 3. The number of halogens is 6. The Morgan fingerprint density at radius 1 is 0.974 bits per heavy atom. The van der Waals surface area contributed by atoms with Crippen molar-refractivity contribution in [3.63, 3.8) is 0 Å². The summed E-state index contributed by atoms with van der Waals surface area (Å²) in [6.07, 6.45) is -16.2. The lowest BCUT2D eigenvalue weighted by molar-refractivity contribution is -0.164. The van der Waals surface area contributed by atoms with Crippen molar-refractivity contribution >= 4 is 29.1 Å². The Hall–Kier alpha value is -3.90. The van der Waals surface area contributed by atoms with Crippen LogP contribution in [0.15, 0.2) is 59.6 Å². The van der Waals surface area contributed by atoms with Gasteiger partial charge in [-0.05, 0) is 12.5 Å². The quantitative estimate of drug-likeness (QED) is 0.494. The molecule has 0 saturated heterocycles. The molecule has 3 N–H and O–H groups in total. The van der Waals surface area contributed by atoms with Gasteiger partial charge in [0.15, 0.2) is 0 Å². The molecule has 2 aromatic rings. The second-order valence-corrected chi connectivity index (χ2v) is 8.76. The van der Waals surface area contributed by atoms with Gasteiger partial charge in [-0.1, -0.05) is 48.5 Å². The van der Waals surface area contributed by atoms with Crippen LogP contribution in [0.25, 0.3) is 0 Å². The van der Waals surface area contributed by atoms with Crippen LogP contribution in [0.3, 0.4) is 0 Å². The number of hydrogen-bond acceptors (Lipinski definition) is 4. The molecule has 3 atom stereocenters. The Balaban J connectivity index is 2.02. The lowest BCUT2D eigenvalue weighted by Gasteiger charge is -2.27. The van der Waals surface area contributed by atoms with E-state index in [-0.39, 0.29) is 5.71 Å². The van der Waals surface area contributed by atoms with E-state index in [2.05, 4.69) is 10.3 Å². The second-order valence-electron chi connectivity index (χ2n) is 8.76. The third kappa shape index (κ3) is 7.11. The first kappa shape index (κ1) is 28.7. The molecular weight excluding hydrogens is 518 g/mol. The zero-order chi connectivity index (χ0) is 28.3. The third-order valence-corrected chi connectivity index (χ3v) is 6.05. The largest absolute Gasteiger partial charge is 0.389 e. The summed E-state index contributed by atoms with van der Waals surface area (Å²) in [6.45, 7) is 0. The van der Waals surface area contributed by atoms with E-state index in [0.29, 0.717) is 16.8 Å². The molecule has 3 rings (SSSR count). The Labute approximate surface area is 213 Å². The first-order valence-corrected chi connectivity index (χ1v) is 11.4. The lowest BCUT2D eigenvalue weighted by atomic mass is 9.84.